The van der Waals surface area contributed by atoms with Gasteiger partial charge in [0.2, 0.25) is 0 Å². The Morgan fingerprint density at radius 3 is 2.58 bits per heavy atom. The number of hydrogen-bond donors (Lipinski definition) is 2. The molecule has 0 bridgehead atoms. The number of halogens is 4. The minimum Gasteiger partial charge on any atom is -0.452 e. The Bertz CT molecular complexity index is 834. The third kappa shape index (κ3) is 5.21. The normalized spacial score (nSPS) is 10.5. The molecule has 0 atom stereocenters. The van der Waals surface area contributed by atoms with E-state index in [-0.39, 0.29) is 32.7 Å². The van der Waals surface area contributed by atoms with Crippen molar-refractivity contribution in [3.05, 3.63) is 52.0 Å². The van der Waals surface area contributed by atoms with Gasteiger partial charge in [-0.05, 0) is 24.3 Å². The zero-order valence-electron chi connectivity index (χ0n) is 13.0. The van der Waals surface area contributed by atoms with Crippen LogP contribution in [0.15, 0.2) is 36.4 Å². The highest BCUT2D eigenvalue weighted by Crippen LogP contribution is 2.28. The summed E-state index contributed by atoms with van der Waals surface area (Å²) in [4.78, 5) is 23.9. The number of nitrogens with two attached hydrogens (primary N) is 1. The summed E-state index contributed by atoms with van der Waals surface area (Å²) >= 11 is 11.6. The molecular formula is C16H12Cl2F2N2O4. The molecule has 0 spiro atoms. The van der Waals surface area contributed by atoms with Gasteiger partial charge in [0.05, 0.1) is 22.0 Å². The van der Waals surface area contributed by atoms with Crippen LogP contribution in [0.1, 0.15) is 10.4 Å². The fraction of sp³-hybridized carbons (Fsp3) is 0.125. The highest BCUT2D eigenvalue weighted by molar-refractivity contribution is 6.37. The fourth-order valence-corrected chi connectivity index (χ4v) is 2.41. The van der Waals surface area contributed by atoms with E-state index in [2.05, 4.69) is 10.1 Å². The van der Waals surface area contributed by atoms with Crippen LogP contribution in [0.3, 0.4) is 0 Å². The molecule has 6 nitrogen and oxygen atoms in total. The first kappa shape index (κ1) is 19.7. The first-order chi connectivity index (χ1) is 12.3. The minimum atomic E-state index is -3.05. The van der Waals surface area contributed by atoms with Crippen LogP contribution in [-0.2, 0) is 9.53 Å². The zero-order valence-corrected chi connectivity index (χ0v) is 14.5. The second-order valence-electron chi connectivity index (χ2n) is 4.85. The van der Waals surface area contributed by atoms with Crippen molar-refractivity contribution in [3.8, 4) is 5.75 Å². The van der Waals surface area contributed by atoms with E-state index >= 15 is 0 Å². The van der Waals surface area contributed by atoms with Crippen molar-refractivity contribution < 1.29 is 27.8 Å². The molecule has 10 heteroatoms. The van der Waals surface area contributed by atoms with Crippen molar-refractivity contribution in [1.29, 1.82) is 0 Å². The van der Waals surface area contributed by atoms with Crippen LogP contribution in [0.5, 0.6) is 5.75 Å². The first-order valence-electron chi connectivity index (χ1n) is 7.03. The van der Waals surface area contributed by atoms with Crippen LogP contribution < -0.4 is 15.8 Å². The average molecular weight is 405 g/mol. The maximum atomic E-state index is 12.3. The zero-order chi connectivity index (χ0) is 19.3. The van der Waals surface area contributed by atoms with Gasteiger partial charge < -0.3 is 20.5 Å². The summed E-state index contributed by atoms with van der Waals surface area (Å²) in [5.41, 5.74) is 5.52. The van der Waals surface area contributed by atoms with Crippen molar-refractivity contribution in [2.45, 2.75) is 6.61 Å². The second-order valence-corrected chi connectivity index (χ2v) is 5.69. The quantitative estimate of drug-likeness (QED) is 0.561. The van der Waals surface area contributed by atoms with Gasteiger partial charge in [0.1, 0.15) is 5.75 Å². The summed E-state index contributed by atoms with van der Waals surface area (Å²) in [6.07, 6.45) is 0. The van der Waals surface area contributed by atoms with Crippen molar-refractivity contribution in [1.82, 2.24) is 0 Å². The van der Waals surface area contributed by atoms with E-state index in [9.17, 15) is 18.4 Å². The van der Waals surface area contributed by atoms with Gasteiger partial charge in [-0.3, -0.25) is 4.79 Å². The number of ether oxygens (including phenoxy) is 2. The lowest BCUT2D eigenvalue weighted by atomic mass is 10.2. The molecule has 0 saturated heterocycles. The van der Waals surface area contributed by atoms with Gasteiger partial charge in [-0.25, -0.2) is 4.79 Å². The van der Waals surface area contributed by atoms with Gasteiger partial charge in [0.15, 0.2) is 6.61 Å². The van der Waals surface area contributed by atoms with Crippen LogP contribution in [-0.4, -0.2) is 25.1 Å². The van der Waals surface area contributed by atoms with Crippen LogP contribution >= 0.6 is 23.2 Å². The third-order valence-electron chi connectivity index (χ3n) is 3.03. The van der Waals surface area contributed by atoms with E-state index in [1.165, 1.54) is 36.4 Å². The van der Waals surface area contributed by atoms with Gasteiger partial charge in [-0.1, -0.05) is 35.3 Å². The van der Waals surface area contributed by atoms with E-state index < -0.39 is 25.1 Å². The van der Waals surface area contributed by atoms with Gasteiger partial charge in [0, 0.05) is 5.02 Å². The number of carbonyl (C=O) groups is 2. The first-order valence-corrected chi connectivity index (χ1v) is 7.79. The molecule has 2 aromatic rings. The molecule has 26 heavy (non-hydrogen) atoms. The maximum Gasteiger partial charge on any atom is 0.387 e. The lowest BCUT2D eigenvalue weighted by Gasteiger charge is -2.12. The molecular weight excluding hydrogens is 393 g/mol. The molecule has 0 heterocycles. The number of rotatable bonds is 6. The molecule has 1 amide bonds. The standard InChI is InChI=1S/C16H12Cl2F2N2O4/c17-8-5-9(14(21)10(18)6-8)15(24)25-7-13(23)22-11-3-1-2-4-12(11)26-16(19)20/h1-6,16H,7,21H2,(H,22,23). The number of benzene rings is 2. The Labute approximate surface area is 156 Å². The third-order valence-corrected chi connectivity index (χ3v) is 3.56. The number of nitrogens with one attached hydrogen (secondary N) is 1. The number of anilines is 2. The van der Waals surface area contributed by atoms with Crippen LogP contribution in [0, 0.1) is 0 Å². The lowest BCUT2D eigenvalue weighted by molar-refractivity contribution is -0.119. The average Bonchev–Trinajstić information content (AvgIpc) is 2.57. The molecule has 0 aliphatic carbocycles. The highest BCUT2D eigenvalue weighted by atomic mass is 35.5. The van der Waals surface area contributed by atoms with Crippen LogP contribution in [0.2, 0.25) is 10.0 Å². The molecule has 0 unspecified atom stereocenters. The molecule has 2 rings (SSSR count). The molecule has 0 fully saturated rings. The summed E-state index contributed by atoms with van der Waals surface area (Å²) in [6.45, 7) is -3.74. The molecule has 0 saturated carbocycles. The van der Waals surface area contributed by atoms with Crippen LogP contribution in [0.25, 0.3) is 0 Å². The van der Waals surface area contributed by atoms with Crippen molar-refractivity contribution in [2.24, 2.45) is 0 Å². The second kappa shape index (κ2) is 8.68. The van der Waals surface area contributed by atoms with E-state index in [0.29, 0.717) is 0 Å². The predicted molar refractivity (Wildman–Crippen MR) is 92.9 cm³/mol. The number of nitrogen functional groups attached to an aromatic ring is 1. The number of esters is 1. The highest BCUT2D eigenvalue weighted by Gasteiger charge is 2.17. The molecule has 138 valence electrons. The monoisotopic (exact) mass is 404 g/mol. The summed E-state index contributed by atoms with van der Waals surface area (Å²) in [6, 6.07) is 8.17. The van der Waals surface area contributed by atoms with Crippen molar-refractivity contribution in [2.75, 3.05) is 17.7 Å². The Kier molecular flexibility index (Phi) is 6.59. The Morgan fingerprint density at radius 2 is 1.88 bits per heavy atom. The van der Waals surface area contributed by atoms with Crippen molar-refractivity contribution >= 4 is 46.5 Å². The Hall–Kier alpha value is -2.58. The summed E-state index contributed by atoms with van der Waals surface area (Å²) < 4.78 is 33.8. The Balaban J connectivity index is 2.01. The molecule has 0 aromatic heterocycles. The van der Waals surface area contributed by atoms with Gasteiger partial charge in [0.25, 0.3) is 5.91 Å². The van der Waals surface area contributed by atoms with Gasteiger partial charge in [-0.2, -0.15) is 8.78 Å². The molecule has 2 aromatic carbocycles. The van der Waals surface area contributed by atoms with Gasteiger partial charge >= 0.3 is 12.6 Å². The molecule has 3 N–H and O–H groups in total. The van der Waals surface area contributed by atoms with Crippen LogP contribution in [0.4, 0.5) is 20.2 Å². The number of alkyl halides is 2. The fourth-order valence-electron chi connectivity index (χ4n) is 1.92. The number of carbonyl (C=O) groups excluding carboxylic acids is 2. The van der Waals surface area contributed by atoms with E-state index in [0.717, 1.165) is 0 Å². The summed E-state index contributed by atoms with van der Waals surface area (Å²) in [5.74, 6) is -1.91. The summed E-state index contributed by atoms with van der Waals surface area (Å²) in [5, 5.41) is 2.53. The molecule has 0 aliphatic heterocycles. The number of amides is 1. The van der Waals surface area contributed by atoms with E-state index in [1.54, 1.807) is 0 Å². The minimum absolute atomic E-state index is 0.000775. The van der Waals surface area contributed by atoms with E-state index in [4.69, 9.17) is 33.7 Å². The molecule has 0 aliphatic rings. The SMILES string of the molecule is Nc1c(Cl)cc(Cl)cc1C(=O)OCC(=O)Nc1ccccc1OC(F)F. The number of para-hydroxylation sites is 2. The van der Waals surface area contributed by atoms with Crippen molar-refractivity contribution in [3.63, 3.8) is 0 Å². The lowest BCUT2D eigenvalue weighted by Crippen LogP contribution is -2.22. The van der Waals surface area contributed by atoms with E-state index in [1.807, 2.05) is 0 Å². The number of hydrogen-bond acceptors (Lipinski definition) is 5. The van der Waals surface area contributed by atoms with Gasteiger partial charge in [-0.15, -0.1) is 0 Å². The summed E-state index contributed by atoms with van der Waals surface area (Å²) in [7, 11) is 0. The largest absolute Gasteiger partial charge is 0.452 e. The molecule has 0 radical (unpaired) electrons. The predicted octanol–water partition coefficient (Wildman–Crippen LogP) is 3.97. The Morgan fingerprint density at radius 1 is 1.19 bits per heavy atom. The smallest absolute Gasteiger partial charge is 0.387 e. The maximum absolute atomic E-state index is 12.3. The topological polar surface area (TPSA) is 90.7 Å².